The summed E-state index contributed by atoms with van der Waals surface area (Å²) in [7, 11) is 0. The first-order valence-corrected chi connectivity index (χ1v) is 11.8. The van der Waals surface area contributed by atoms with Crippen molar-refractivity contribution in [2.24, 2.45) is 5.41 Å². The summed E-state index contributed by atoms with van der Waals surface area (Å²) in [6.45, 7) is 8.61. The van der Waals surface area contributed by atoms with Crippen LogP contribution in [0, 0.1) is 17.0 Å². The number of hydrogen-bond acceptors (Lipinski definition) is 2. The number of amides is 1. The molecule has 0 bridgehead atoms. The van der Waals surface area contributed by atoms with Crippen LogP contribution in [0.1, 0.15) is 57.8 Å². The number of nitrogens with zero attached hydrogens (tertiary/aromatic N) is 2. The molecule has 1 N–H and O–H groups in total. The Kier molecular flexibility index (Phi) is 8.26. The molecule has 4 nitrogen and oxygen atoms in total. The van der Waals surface area contributed by atoms with Crippen LogP contribution >= 0.6 is 0 Å². The number of hydrogen-bond donors (Lipinski definition) is 1. The quantitative estimate of drug-likeness (QED) is 0.407. The topological polar surface area (TPSA) is 45.5 Å². The van der Waals surface area contributed by atoms with E-state index in [1.54, 1.807) is 4.90 Å². The molecule has 0 spiro atoms. The predicted octanol–water partition coefficient (Wildman–Crippen LogP) is 6.19. The van der Waals surface area contributed by atoms with Gasteiger partial charge in [0.15, 0.2) is 0 Å². The largest absolute Gasteiger partial charge is 0.387 e. The van der Waals surface area contributed by atoms with Crippen LogP contribution in [0.2, 0.25) is 0 Å². The highest BCUT2D eigenvalue weighted by molar-refractivity contribution is 5.78. The fraction of sp³-hybridized carbons (Fsp3) is 0.393. The van der Waals surface area contributed by atoms with Gasteiger partial charge in [-0.2, -0.15) is 0 Å². The molecule has 0 saturated heterocycles. The molecule has 1 aromatic heterocycles. The lowest BCUT2D eigenvalue weighted by atomic mass is 9.83. The molecule has 0 fully saturated rings. The molecule has 0 aliphatic carbocycles. The van der Waals surface area contributed by atoms with E-state index in [9.17, 15) is 18.7 Å². The molecule has 2 aromatic carbocycles. The van der Waals surface area contributed by atoms with Crippen LogP contribution in [0.5, 0.6) is 0 Å². The van der Waals surface area contributed by atoms with Crippen molar-refractivity contribution >= 4 is 5.91 Å². The van der Waals surface area contributed by atoms with Crippen LogP contribution in [-0.2, 0) is 11.3 Å². The van der Waals surface area contributed by atoms with Crippen molar-refractivity contribution in [3.8, 4) is 11.1 Å². The van der Waals surface area contributed by atoms with E-state index >= 15 is 0 Å². The maximum absolute atomic E-state index is 14.7. The summed E-state index contributed by atoms with van der Waals surface area (Å²) in [6, 6.07) is 14.8. The minimum absolute atomic E-state index is 0.175. The maximum Gasteiger partial charge on any atom is 0.248 e. The summed E-state index contributed by atoms with van der Waals surface area (Å²) in [5.74, 6) is -1.37. The second kappa shape index (κ2) is 11.0. The van der Waals surface area contributed by atoms with Gasteiger partial charge in [0, 0.05) is 36.1 Å². The molecule has 182 valence electrons. The average molecular weight is 469 g/mol. The Labute approximate surface area is 200 Å². The summed E-state index contributed by atoms with van der Waals surface area (Å²) in [6.07, 6.45) is 3.51. The third kappa shape index (κ3) is 5.92. The Morgan fingerprint density at radius 3 is 2.41 bits per heavy atom. The van der Waals surface area contributed by atoms with Gasteiger partial charge in [-0.05, 0) is 41.7 Å². The van der Waals surface area contributed by atoms with Gasteiger partial charge in [0.05, 0.1) is 6.04 Å². The lowest BCUT2D eigenvalue weighted by Crippen LogP contribution is -2.43. The lowest BCUT2D eigenvalue weighted by Gasteiger charge is -2.41. The van der Waals surface area contributed by atoms with E-state index in [-0.39, 0.29) is 22.9 Å². The molecule has 1 amide bonds. The molecule has 0 aliphatic rings. The fourth-order valence-electron chi connectivity index (χ4n) is 4.43. The van der Waals surface area contributed by atoms with Crippen molar-refractivity contribution in [1.29, 1.82) is 0 Å². The number of unbranched alkanes of at least 4 members (excludes halogenated alkanes) is 1. The van der Waals surface area contributed by atoms with E-state index in [2.05, 4.69) is 6.92 Å². The monoisotopic (exact) mass is 468 g/mol. The number of rotatable bonds is 9. The molecule has 1 atom stereocenters. The van der Waals surface area contributed by atoms with Crippen LogP contribution < -0.4 is 0 Å². The minimum Gasteiger partial charge on any atom is -0.387 e. The molecule has 0 unspecified atom stereocenters. The van der Waals surface area contributed by atoms with Crippen LogP contribution in [0.15, 0.2) is 60.8 Å². The Balaban J connectivity index is 2.20. The molecular formula is C28H34F2N2O2. The molecule has 1 heterocycles. The molecule has 6 heteroatoms. The molecule has 3 rings (SSSR count). The SMILES string of the molecule is CCCCN(C(=O)CO)[C@@H](c1cc(-c2cc(F)ccc2F)cn1Cc1ccccc1)C(C)(C)C. The minimum atomic E-state index is -0.582. The van der Waals surface area contributed by atoms with Gasteiger partial charge >= 0.3 is 0 Å². The molecule has 0 radical (unpaired) electrons. The van der Waals surface area contributed by atoms with Gasteiger partial charge in [0.25, 0.3) is 0 Å². The molecule has 0 saturated carbocycles. The number of aliphatic hydroxyl groups excluding tert-OH is 1. The molecule has 0 aliphatic heterocycles. The first-order chi connectivity index (χ1) is 16.2. The van der Waals surface area contributed by atoms with Gasteiger partial charge < -0.3 is 14.6 Å². The van der Waals surface area contributed by atoms with Crippen molar-refractivity contribution in [2.45, 2.75) is 53.1 Å². The smallest absolute Gasteiger partial charge is 0.248 e. The first kappa shape index (κ1) is 25.6. The van der Waals surface area contributed by atoms with Gasteiger partial charge in [-0.25, -0.2) is 8.78 Å². The zero-order valence-corrected chi connectivity index (χ0v) is 20.4. The highest BCUT2D eigenvalue weighted by atomic mass is 19.1. The zero-order valence-electron chi connectivity index (χ0n) is 20.4. The van der Waals surface area contributed by atoms with E-state index < -0.39 is 18.2 Å². The van der Waals surface area contributed by atoms with Crippen molar-refractivity contribution in [3.63, 3.8) is 0 Å². The van der Waals surface area contributed by atoms with Crippen molar-refractivity contribution in [1.82, 2.24) is 9.47 Å². The summed E-state index contributed by atoms with van der Waals surface area (Å²) in [5, 5.41) is 9.73. The summed E-state index contributed by atoms with van der Waals surface area (Å²) in [5.41, 5.74) is 2.20. The predicted molar refractivity (Wildman–Crippen MR) is 131 cm³/mol. The van der Waals surface area contributed by atoms with Crippen molar-refractivity contribution in [2.75, 3.05) is 13.2 Å². The zero-order chi connectivity index (χ0) is 24.9. The van der Waals surface area contributed by atoms with Crippen molar-refractivity contribution < 1.29 is 18.7 Å². The van der Waals surface area contributed by atoms with E-state index in [0.29, 0.717) is 18.7 Å². The summed E-state index contributed by atoms with van der Waals surface area (Å²) in [4.78, 5) is 14.6. The Morgan fingerprint density at radius 1 is 1.09 bits per heavy atom. The molecule has 3 aromatic rings. The number of aliphatic hydroxyl groups is 1. The van der Waals surface area contributed by atoms with Gasteiger partial charge in [-0.1, -0.05) is 64.4 Å². The molecular weight excluding hydrogens is 434 g/mol. The van der Waals surface area contributed by atoms with E-state index in [1.165, 1.54) is 6.07 Å². The Morgan fingerprint density at radius 2 is 1.79 bits per heavy atom. The highest BCUT2D eigenvalue weighted by Crippen LogP contribution is 2.41. The first-order valence-electron chi connectivity index (χ1n) is 11.8. The van der Waals surface area contributed by atoms with Crippen LogP contribution in [0.3, 0.4) is 0 Å². The van der Waals surface area contributed by atoms with E-state index in [4.69, 9.17) is 0 Å². The van der Waals surface area contributed by atoms with E-state index in [1.807, 2.05) is 67.9 Å². The third-order valence-electron chi connectivity index (χ3n) is 5.99. The second-order valence-corrected chi connectivity index (χ2v) is 9.76. The Bertz CT molecular complexity index is 1100. The standard InChI is InChI=1S/C28H34F2N2O2/c1-5-6-14-32(26(34)19-33)27(28(2,3)4)25-15-21(23-16-22(29)12-13-24(23)30)18-31(25)17-20-10-8-7-9-11-20/h7-13,15-16,18,27,33H,5-6,14,17,19H2,1-4H3/t27-/m0/s1. The number of aromatic nitrogens is 1. The number of carbonyl (C=O) groups is 1. The third-order valence-corrected chi connectivity index (χ3v) is 5.99. The number of benzene rings is 2. The van der Waals surface area contributed by atoms with Crippen LogP contribution in [0.4, 0.5) is 8.78 Å². The average Bonchev–Trinajstić information content (AvgIpc) is 3.19. The number of carbonyl (C=O) groups excluding carboxylic acids is 1. The van der Waals surface area contributed by atoms with Crippen molar-refractivity contribution in [3.05, 3.63) is 83.7 Å². The Hall–Kier alpha value is -2.99. The van der Waals surface area contributed by atoms with Crippen LogP contribution in [0.25, 0.3) is 11.1 Å². The summed E-state index contributed by atoms with van der Waals surface area (Å²) >= 11 is 0. The molecule has 34 heavy (non-hydrogen) atoms. The normalized spacial score (nSPS) is 12.6. The second-order valence-electron chi connectivity index (χ2n) is 9.76. The lowest BCUT2D eigenvalue weighted by molar-refractivity contribution is -0.139. The van der Waals surface area contributed by atoms with E-state index in [0.717, 1.165) is 36.2 Å². The summed E-state index contributed by atoms with van der Waals surface area (Å²) < 4.78 is 30.7. The van der Waals surface area contributed by atoms with Gasteiger partial charge in [0.1, 0.15) is 18.2 Å². The van der Waals surface area contributed by atoms with Gasteiger partial charge in [0.2, 0.25) is 5.91 Å². The van der Waals surface area contributed by atoms with Gasteiger partial charge in [-0.15, -0.1) is 0 Å². The number of halogens is 2. The van der Waals surface area contributed by atoms with Crippen LogP contribution in [-0.4, -0.2) is 33.6 Å². The highest BCUT2D eigenvalue weighted by Gasteiger charge is 2.36. The fourth-order valence-corrected chi connectivity index (χ4v) is 4.43. The van der Waals surface area contributed by atoms with Gasteiger partial charge in [-0.3, -0.25) is 4.79 Å². The maximum atomic E-state index is 14.7.